The molecule has 0 bridgehead atoms. The van der Waals surface area contributed by atoms with Gasteiger partial charge in [0, 0.05) is 36.4 Å². The second-order valence-corrected chi connectivity index (χ2v) is 10.1. The molecule has 1 N–H and O–H groups in total. The number of carbonyl (C=O) groups is 1. The van der Waals surface area contributed by atoms with Crippen LogP contribution in [-0.2, 0) is 17.8 Å². The summed E-state index contributed by atoms with van der Waals surface area (Å²) in [5.74, 6) is 2.55. The van der Waals surface area contributed by atoms with Gasteiger partial charge in [-0.05, 0) is 37.5 Å². The van der Waals surface area contributed by atoms with E-state index >= 15 is 0 Å². The van der Waals surface area contributed by atoms with E-state index < -0.39 is 0 Å². The average Bonchev–Trinajstić information content (AvgIpc) is 3.32. The number of hydrogen-bond donors (Lipinski definition) is 1. The van der Waals surface area contributed by atoms with Crippen molar-refractivity contribution in [3.05, 3.63) is 89.8 Å². The molecule has 0 aliphatic heterocycles. The highest BCUT2D eigenvalue weighted by atomic mass is 35.5. The summed E-state index contributed by atoms with van der Waals surface area (Å²) in [6.45, 7) is 0.461. The Labute approximate surface area is 221 Å². The summed E-state index contributed by atoms with van der Waals surface area (Å²) in [4.78, 5) is 12.4. The Morgan fingerprint density at radius 1 is 1.14 bits per heavy atom. The molecule has 4 rings (SSSR count). The molecule has 1 aliphatic rings. The molecule has 6 nitrogen and oxygen atoms in total. The molecular weight excluding hydrogens is 492 g/mol. The van der Waals surface area contributed by atoms with Crippen LogP contribution in [-0.4, -0.2) is 38.9 Å². The fourth-order valence-electron chi connectivity index (χ4n) is 4.06. The number of allylic oxidation sites excluding steroid dienone is 3. The Balaban J connectivity index is 1.31. The number of rotatable bonds is 12. The van der Waals surface area contributed by atoms with Gasteiger partial charge in [0.25, 0.3) is 0 Å². The molecule has 1 atom stereocenters. The molecule has 3 aromatic rings. The Morgan fingerprint density at radius 3 is 2.75 bits per heavy atom. The number of aryl methyl sites for hydroxylation is 1. The van der Waals surface area contributed by atoms with Crippen molar-refractivity contribution in [3.63, 3.8) is 0 Å². The quantitative estimate of drug-likeness (QED) is 0.182. The third-order valence-electron chi connectivity index (χ3n) is 5.93. The average molecular weight is 523 g/mol. The van der Waals surface area contributed by atoms with Crippen LogP contribution in [0.2, 0.25) is 0 Å². The summed E-state index contributed by atoms with van der Waals surface area (Å²) in [6, 6.07) is 17.9. The van der Waals surface area contributed by atoms with Gasteiger partial charge in [-0.2, -0.15) is 0 Å². The first kappa shape index (κ1) is 26.0. The smallest absolute Gasteiger partial charge is 0.220 e. The number of ether oxygens (including phenoxy) is 1. The number of carbonyl (C=O) groups excluding carboxylic acids is 1. The summed E-state index contributed by atoms with van der Waals surface area (Å²) in [6.07, 6.45) is 9.87. The number of methoxy groups -OCH3 is 1. The van der Waals surface area contributed by atoms with Gasteiger partial charge >= 0.3 is 0 Å². The van der Waals surface area contributed by atoms with Gasteiger partial charge in [0.1, 0.15) is 11.6 Å². The zero-order valence-electron chi connectivity index (χ0n) is 20.4. The van der Waals surface area contributed by atoms with Gasteiger partial charge in [0.15, 0.2) is 5.16 Å². The van der Waals surface area contributed by atoms with Gasteiger partial charge in [-0.3, -0.25) is 9.36 Å². The van der Waals surface area contributed by atoms with Crippen LogP contribution in [0, 0.1) is 0 Å². The van der Waals surface area contributed by atoms with Gasteiger partial charge in [-0.15, -0.1) is 21.8 Å². The monoisotopic (exact) mass is 522 g/mol. The van der Waals surface area contributed by atoms with Crippen molar-refractivity contribution in [2.24, 2.45) is 0 Å². The first-order valence-electron chi connectivity index (χ1n) is 12.2. The number of aromatic nitrogens is 3. The maximum Gasteiger partial charge on any atom is 0.220 e. The fourth-order valence-corrected chi connectivity index (χ4v) is 5.30. The van der Waals surface area contributed by atoms with E-state index in [1.807, 2.05) is 54.6 Å². The van der Waals surface area contributed by atoms with E-state index in [0.29, 0.717) is 13.0 Å². The molecule has 0 saturated carbocycles. The predicted octanol–water partition coefficient (Wildman–Crippen LogP) is 5.89. The first-order valence-corrected chi connectivity index (χ1v) is 13.6. The van der Waals surface area contributed by atoms with Crippen LogP contribution < -0.4 is 10.1 Å². The molecular formula is C28H31ClN4O2S. The number of amides is 1. The van der Waals surface area contributed by atoms with E-state index in [1.54, 1.807) is 18.9 Å². The highest BCUT2D eigenvalue weighted by molar-refractivity contribution is 7.99. The predicted molar refractivity (Wildman–Crippen MR) is 146 cm³/mol. The molecule has 1 unspecified atom stereocenters. The third-order valence-corrected chi connectivity index (χ3v) is 7.27. The Bertz CT molecular complexity index is 1210. The number of para-hydroxylation sites is 2. The van der Waals surface area contributed by atoms with Crippen molar-refractivity contribution in [3.8, 4) is 11.4 Å². The van der Waals surface area contributed by atoms with Gasteiger partial charge < -0.3 is 10.1 Å². The van der Waals surface area contributed by atoms with Gasteiger partial charge in [-0.25, -0.2) is 0 Å². The van der Waals surface area contributed by atoms with Crippen molar-refractivity contribution >= 4 is 29.3 Å². The van der Waals surface area contributed by atoms with E-state index in [-0.39, 0.29) is 11.3 Å². The molecule has 1 amide bonds. The van der Waals surface area contributed by atoms with Gasteiger partial charge in [0.05, 0.1) is 12.5 Å². The molecule has 188 valence electrons. The van der Waals surface area contributed by atoms with Crippen molar-refractivity contribution < 1.29 is 9.53 Å². The number of nitrogens with zero attached hydrogens (tertiary/aromatic N) is 3. The largest absolute Gasteiger partial charge is 0.496 e. The highest BCUT2D eigenvalue weighted by Crippen LogP contribution is 2.28. The SMILES string of the molecule is COc1ccccc1CNC(=O)CCCCc1nnc(SCC2=CC=CC(Cl)C2)n1-c1ccccc1. The van der Waals surface area contributed by atoms with Crippen LogP contribution >= 0.6 is 23.4 Å². The highest BCUT2D eigenvalue weighted by Gasteiger charge is 2.16. The van der Waals surface area contributed by atoms with Crippen LogP contribution in [0.4, 0.5) is 0 Å². The van der Waals surface area contributed by atoms with E-state index in [2.05, 4.69) is 38.3 Å². The Morgan fingerprint density at radius 2 is 1.94 bits per heavy atom. The summed E-state index contributed by atoms with van der Waals surface area (Å²) in [5.41, 5.74) is 3.31. The van der Waals surface area contributed by atoms with Crippen LogP contribution in [0.25, 0.3) is 5.69 Å². The molecule has 36 heavy (non-hydrogen) atoms. The number of alkyl halides is 1. The molecule has 8 heteroatoms. The number of benzene rings is 2. The number of thioether (sulfide) groups is 1. The standard InChI is InChI=1S/C28H31ClN4O2S/c1-35-25-15-6-5-11-22(25)19-30-27(34)17-8-7-16-26-31-32-28(33(26)24-13-3-2-4-14-24)36-20-21-10-9-12-23(29)18-21/h2-6,9-15,23H,7-8,16-20H2,1H3,(H,30,34). The van der Waals surface area contributed by atoms with Gasteiger partial charge in [0.2, 0.25) is 5.91 Å². The van der Waals surface area contributed by atoms with E-state index in [4.69, 9.17) is 16.3 Å². The summed E-state index contributed by atoms with van der Waals surface area (Å²) >= 11 is 7.95. The van der Waals surface area contributed by atoms with Crippen molar-refractivity contribution in [1.29, 1.82) is 0 Å². The normalized spacial score (nSPS) is 14.9. The maximum atomic E-state index is 12.4. The second-order valence-electron chi connectivity index (χ2n) is 8.58. The lowest BCUT2D eigenvalue weighted by Crippen LogP contribution is -2.22. The molecule has 1 aromatic heterocycles. The van der Waals surface area contributed by atoms with Crippen LogP contribution in [0.15, 0.2) is 83.6 Å². The Hall–Kier alpha value is -3.03. The minimum atomic E-state index is 0.0362. The number of halogens is 1. The zero-order valence-corrected chi connectivity index (χ0v) is 22.0. The van der Waals surface area contributed by atoms with Crippen molar-refractivity contribution in [2.75, 3.05) is 12.9 Å². The van der Waals surface area contributed by atoms with E-state index in [1.165, 1.54) is 5.57 Å². The van der Waals surface area contributed by atoms with E-state index in [9.17, 15) is 4.79 Å². The first-order chi connectivity index (χ1) is 17.6. The zero-order chi connectivity index (χ0) is 25.2. The second kappa shape index (κ2) is 13.3. The minimum absolute atomic E-state index is 0.0362. The lowest BCUT2D eigenvalue weighted by molar-refractivity contribution is -0.121. The molecule has 0 radical (unpaired) electrons. The summed E-state index contributed by atoms with van der Waals surface area (Å²) in [7, 11) is 1.64. The number of hydrogen-bond acceptors (Lipinski definition) is 5. The number of nitrogens with one attached hydrogen (secondary N) is 1. The van der Waals surface area contributed by atoms with Crippen LogP contribution in [0.5, 0.6) is 5.75 Å². The fraction of sp³-hybridized carbons (Fsp3) is 0.321. The molecule has 0 fully saturated rings. The summed E-state index contributed by atoms with van der Waals surface area (Å²) < 4.78 is 7.48. The van der Waals surface area contributed by atoms with Crippen LogP contribution in [0.3, 0.4) is 0 Å². The molecule has 0 saturated heterocycles. The van der Waals surface area contributed by atoms with Crippen molar-refractivity contribution in [1.82, 2.24) is 20.1 Å². The molecule has 0 spiro atoms. The maximum absolute atomic E-state index is 12.4. The molecule has 1 aliphatic carbocycles. The lowest BCUT2D eigenvalue weighted by atomic mass is 10.1. The lowest BCUT2D eigenvalue weighted by Gasteiger charge is -2.14. The third kappa shape index (κ3) is 7.24. The van der Waals surface area contributed by atoms with Crippen LogP contribution in [0.1, 0.15) is 37.1 Å². The number of unbranched alkanes of at least 4 members (excludes halogenated alkanes) is 1. The van der Waals surface area contributed by atoms with E-state index in [0.717, 1.165) is 59.4 Å². The Kier molecular flexibility index (Phi) is 9.64. The minimum Gasteiger partial charge on any atom is -0.496 e. The van der Waals surface area contributed by atoms with Crippen molar-refractivity contribution in [2.45, 2.75) is 49.2 Å². The van der Waals surface area contributed by atoms with Gasteiger partial charge in [-0.1, -0.05) is 72.0 Å². The summed E-state index contributed by atoms with van der Waals surface area (Å²) in [5, 5.41) is 12.9. The topological polar surface area (TPSA) is 69.0 Å². The molecule has 2 aromatic carbocycles. The molecule has 1 heterocycles.